The summed E-state index contributed by atoms with van der Waals surface area (Å²) in [6, 6.07) is 14.8. The number of hydrogen-bond donors (Lipinski definition) is 1. The largest absolute Gasteiger partial charge is 0.497 e. The van der Waals surface area contributed by atoms with Crippen molar-refractivity contribution in [3.8, 4) is 11.5 Å². The van der Waals surface area contributed by atoms with E-state index in [1.807, 2.05) is 50.2 Å². The van der Waals surface area contributed by atoms with Gasteiger partial charge in [0.25, 0.3) is 0 Å². The Labute approximate surface area is 166 Å². The Morgan fingerprint density at radius 2 is 1.61 bits per heavy atom. The molecule has 150 valence electrons. The normalized spacial score (nSPS) is 10.5. The second kappa shape index (κ2) is 10.3. The highest BCUT2D eigenvalue weighted by atomic mass is 16.5. The summed E-state index contributed by atoms with van der Waals surface area (Å²) >= 11 is 0. The van der Waals surface area contributed by atoms with Gasteiger partial charge in [0.2, 0.25) is 11.8 Å². The van der Waals surface area contributed by atoms with Gasteiger partial charge in [0.05, 0.1) is 13.2 Å². The van der Waals surface area contributed by atoms with E-state index >= 15 is 0 Å². The Morgan fingerprint density at radius 1 is 1.00 bits per heavy atom. The maximum atomic E-state index is 12.2. The Morgan fingerprint density at radius 3 is 2.14 bits per heavy atom. The molecule has 0 spiro atoms. The first-order chi connectivity index (χ1) is 13.4. The summed E-state index contributed by atoms with van der Waals surface area (Å²) in [5, 5.41) is 2.85. The highest BCUT2D eigenvalue weighted by molar-refractivity contribution is 5.91. The Balaban J connectivity index is 1.86. The first kappa shape index (κ1) is 21.3. The lowest BCUT2D eigenvalue weighted by Gasteiger charge is -2.21. The number of carbonyl (C=O) groups is 2. The summed E-state index contributed by atoms with van der Waals surface area (Å²) in [7, 11) is 1.61. The molecule has 2 aromatic carbocycles. The molecule has 0 bridgehead atoms. The van der Waals surface area contributed by atoms with Gasteiger partial charge in [-0.25, -0.2) is 0 Å². The summed E-state index contributed by atoms with van der Waals surface area (Å²) in [5.74, 6) is 1.31. The van der Waals surface area contributed by atoms with Crippen LogP contribution >= 0.6 is 0 Å². The summed E-state index contributed by atoms with van der Waals surface area (Å²) in [5.41, 5.74) is 1.68. The van der Waals surface area contributed by atoms with E-state index in [0.717, 1.165) is 17.1 Å². The minimum atomic E-state index is -0.140. The van der Waals surface area contributed by atoms with Gasteiger partial charge in [0.15, 0.2) is 0 Å². The van der Waals surface area contributed by atoms with Gasteiger partial charge in [-0.1, -0.05) is 12.1 Å². The van der Waals surface area contributed by atoms with Crippen LogP contribution in [-0.2, 0) is 16.1 Å². The molecule has 2 amide bonds. The molecule has 2 aromatic rings. The van der Waals surface area contributed by atoms with Crippen molar-refractivity contribution in [2.45, 2.75) is 39.8 Å². The van der Waals surface area contributed by atoms with Crippen molar-refractivity contribution in [2.75, 3.05) is 19.0 Å². The SMILES string of the molecule is COc1ccc(CN(CCC(=O)Nc2ccc(OC(C)C)cc2)C(C)=O)cc1. The van der Waals surface area contributed by atoms with Crippen molar-refractivity contribution >= 4 is 17.5 Å². The van der Waals surface area contributed by atoms with Gasteiger partial charge in [-0.05, 0) is 55.8 Å². The quantitative estimate of drug-likeness (QED) is 0.713. The van der Waals surface area contributed by atoms with Gasteiger partial charge < -0.3 is 19.7 Å². The van der Waals surface area contributed by atoms with E-state index < -0.39 is 0 Å². The molecule has 0 heterocycles. The van der Waals surface area contributed by atoms with Gasteiger partial charge >= 0.3 is 0 Å². The minimum Gasteiger partial charge on any atom is -0.497 e. The molecule has 0 saturated carbocycles. The zero-order valence-electron chi connectivity index (χ0n) is 16.9. The molecule has 28 heavy (non-hydrogen) atoms. The van der Waals surface area contributed by atoms with Gasteiger partial charge in [0, 0.05) is 32.1 Å². The fourth-order valence-electron chi connectivity index (χ4n) is 2.65. The predicted octanol–water partition coefficient (Wildman–Crippen LogP) is 3.86. The standard InChI is InChI=1S/C22H28N2O4/c1-16(2)28-21-11-7-19(8-12-21)23-22(26)13-14-24(17(3)25)15-18-5-9-20(27-4)10-6-18/h5-12,16H,13-15H2,1-4H3,(H,23,26). The Kier molecular flexibility index (Phi) is 7.87. The van der Waals surface area contributed by atoms with Gasteiger partial charge in [0.1, 0.15) is 11.5 Å². The zero-order chi connectivity index (χ0) is 20.5. The number of nitrogens with zero attached hydrogens (tertiary/aromatic N) is 1. The molecule has 0 unspecified atom stereocenters. The Hall–Kier alpha value is -3.02. The number of benzene rings is 2. The highest BCUT2D eigenvalue weighted by Gasteiger charge is 2.12. The monoisotopic (exact) mass is 384 g/mol. The van der Waals surface area contributed by atoms with Crippen molar-refractivity contribution in [3.63, 3.8) is 0 Å². The predicted molar refractivity (Wildman–Crippen MR) is 110 cm³/mol. The van der Waals surface area contributed by atoms with E-state index in [1.165, 1.54) is 6.92 Å². The molecular formula is C22H28N2O4. The molecule has 0 radical (unpaired) electrons. The van der Waals surface area contributed by atoms with Crippen molar-refractivity contribution < 1.29 is 19.1 Å². The van der Waals surface area contributed by atoms with Crippen molar-refractivity contribution in [1.82, 2.24) is 4.90 Å². The number of methoxy groups -OCH3 is 1. The van der Waals surface area contributed by atoms with Crippen molar-refractivity contribution in [3.05, 3.63) is 54.1 Å². The Bertz CT molecular complexity index is 770. The molecule has 6 heteroatoms. The summed E-state index contributed by atoms with van der Waals surface area (Å²) in [4.78, 5) is 25.8. The second-order valence-electron chi connectivity index (χ2n) is 6.78. The maximum Gasteiger partial charge on any atom is 0.226 e. The summed E-state index contributed by atoms with van der Waals surface area (Å²) in [6.07, 6.45) is 0.323. The van der Waals surface area contributed by atoms with Crippen molar-refractivity contribution in [2.24, 2.45) is 0 Å². The van der Waals surface area contributed by atoms with E-state index in [2.05, 4.69) is 5.32 Å². The van der Waals surface area contributed by atoms with E-state index in [0.29, 0.717) is 18.8 Å². The molecule has 2 rings (SSSR count). The van der Waals surface area contributed by atoms with Crippen LogP contribution in [0.2, 0.25) is 0 Å². The highest BCUT2D eigenvalue weighted by Crippen LogP contribution is 2.17. The van der Waals surface area contributed by atoms with Gasteiger partial charge in [-0.15, -0.1) is 0 Å². The molecule has 1 N–H and O–H groups in total. The van der Waals surface area contributed by atoms with Gasteiger partial charge in [-0.2, -0.15) is 0 Å². The lowest BCUT2D eigenvalue weighted by Crippen LogP contribution is -2.31. The fraction of sp³-hybridized carbons (Fsp3) is 0.364. The molecule has 0 aliphatic heterocycles. The lowest BCUT2D eigenvalue weighted by molar-refractivity contribution is -0.129. The number of nitrogens with one attached hydrogen (secondary N) is 1. The van der Waals surface area contributed by atoms with E-state index in [4.69, 9.17) is 9.47 Å². The molecule has 0 aliphatic carbocycles. The number of carbonyl (C=O) groups excluding carboxylic acids is 2. The van der Waals surface area contributed by atoms with Crippen LogP contribution in [0, 0.1) is 0 Å². The van der Waals surface area contributed by atoms with Crippen LogP contribution in [0.25, 0.3) is 0 Å². The third-order valence-electron chi connectivity index (χ3n) is 4.10. The number of amides is 2. The number of rotatable bonds is 9. The third kappa shape index (κ3) is 6.95. The summed E-state index contributed by atoms with van der Waals surface area (Å²) < 4.78 is 10.7. The maximum absolute atomic E-state index is 12.2. The molecule has 0 aliphatic rings. The lowest BCUT2D eigenvalue weighted by atomic mass is 10.2. The third-order valence-corrected chi connectivity index (χ3v) is 4.10. The molecule has 6 nitrogen and oxygen atoms in total. The first-order valence-corrected chi connectivity index (χ1v) is 9.32. The van der Waals surface area contributed by atoms with E-state index in [1.54, 1.807) is 24.1 Å². The minimum absolute atomic E-state index is 0.0706. The van der Waals surface area contributed by atoms with Crippen LogP contribution in [0.1, 0.15) is 32.8 Å². The zero-order valence-corrected chi connectivity index (χ0v) is 16.9. The number of anilines is 1. The van der Waals surface area contributed by atoms with Crippen LogP contribution in [-0.4, -0.2) is 36.5 Å². The molecule has 0 fully saturated rings. The molecular weight excluding hydrogens is 356 g/mol. The topological polar surface area (TPSA) is 67.9 Å². The molecule has 0 aromatic heterocycles. The van der Waals surface area contributed by atoms with E-state index in [9.17, 15) is 9.59 Å². The average molecular weight is 384 g/mol. The average Bonchev–Trinajstić information content (AvgIpc) is 2.66. The smallest absolute Gasteiger partial charge is 0.226 e. The van der Waals surface area contributed by atoms with Crippen LogP contribution in [0.15, 0.2) is 48.5 Å². The van der Waals surface area contributed by atoms with Crippen LogP contribution in [0.5, 0.6) is 11.5 Å². The first-order valence-electron chi connectivity index (χ1n) is 9.32. The molecule has 0 saturated heterocycles. The fourth-order valence-corrected chi connectivity index (χ4v) is 2.65. The van der Waals surface area contributed by atoms with Gasteiger partial charge in [-0.3, -0.25) is 9.59 Å². The second-order valence-corrected chi connectivity index (χ2v) is 6.78. The molecule has 0 atom stereocenters. The van der Waals surface area contributed by atoms with Crippen LogP contribution in [0.3, 0.4) is 0 Å². The van der Waals surface area contributed by atoms with Crippen molar-refractivity contribution in [1.29, 1.82) is 0 Å². The number of hydrogen-bond acceptors (Lipinski definition) is 4. The van der Waals surface area contributed by atoms with Crippen LogP contribution < -0.4 is 14.8 Å². The van der Waals surface area contributed by atoms with Crippen LogP contribution in [0.4, 0.5) is 5.69 Å². The van der Waals surface area contributed by atoms with E-state index in [-0.39, 0.29) is 24.3 Å². The summed E-state index contributed by atoms with van der Waals surface area (Å²) in [6.45, 7) is 6.23. The number of ether oxygens (including phenoxy) is 2.